The van der Waals surface area contributed by atoms with Crippen LogP contribution in [0.3, 0.4) is 0 Å². The van der Waals surface area contributed by atoms with E-state index < -0.39 is 6.03 Å². The molecule has 3 N–H and O–H groups in total. The van der Waals surface area contributed by atoms with Crippen molar-refractivity contribution in [2.45, 2.75) is 37.5 Å². The van der Waals surface area contributed by atoms with Gasteiger partial charge in [0.25, 0.3) is 5.91 Å². The molecule has 4 amide bonds. The molecule has 2 aliphatic heterocycles. The smallest absolute Gasteiger partial charge is 0.323 e. The Morgan fingerprint density at radius 1 is 1.09 bits per heavy atom. The maximum absolute atomic E-state index is 13.3. The molecule has 2 heterocycles. The molecule has 0 aliphatic carbocycles. The average Bonchev–Trinajstić information content (AvgIpc) is 2.83. The van der Waals surface area contributed by atoms with Crippen molar-refractivity contribution in [1.82, 2.24) is 10.2 Å². The van der Waals surface area contributed by atoms with Gasteiger partial charge in [0.15, 0.2) is 0 Å². The Hall–Kier alpha value is -3.30. The predicted molar refractivity (Wildman–Crippen MR) is 128 cm³/mol. The molecule has 0 unspecified atom stereocenters. The number of carbonyl (C=O) groups excluding carboxylic acids is 3. The molecular weight excluding hydrogens is 460 g/mol. The summed E-state index contributed by atoms with van der Waals surface area (Å²) in [6.07, 6.45) is 1.10. The predicted octanol–water partition coefficient (Wildman–Crippen LogP) is 3.50. The Balaban J connectivity index is 1.46. The van der Waals surface area contributed by atoms with E-state index in [0.29, 0.717) is 40.6 Å². The van der Waals surface area contributed by atoms with E-state index in [-0.39, 0.29) is 43.1 Å². The number of likely N-dealkylation sites (N-methyl/N-ethyl adjacent to an activating group) is 1. The van der Waals surface area contributed by atoms with Crippen molar-refractivity contribution in [2.24, 2.45) is 0 Å². The van der Waals surface area contributed by atoms with Gasteiger partial charge in [-0.2, -0.15) is 0 Å². The monoisotopic (exact) mass is 486 g/mol. The Morgan fingerprint density at radius 2 is 1.79 bits per heavy atom. The number of amides is 4. The third-order valence-corrected chi connectivity index (χ3v) is 6.32. The van der Waals surface area contributed by atoms with Crippen molar-refractivity contribution in [2.75, 3.05) is 31.3 Å². The van der Waals surface area contributed by atoms with Crippen LogP contribution in [0.15, 0.2) is 42.5 Å². The first-order valence-electron chi connectivity index (χ1n) is 11.1. The fraction of sp³-hybridized carbons (Fsp3) is 0.375. The van der Waals surface area contributed by atoms with Crippen LogP contribution in [0.4, 0.5) is 16.2 Å². The van der Waals surface area contributed by atoms with Crippen molar-refractivity contribution >= 4 is 40.8 Å². The lowest BCUT2D eigenvalue weighted by Gasteiger charge is -2.42. The molecule has 0 saturated carbocycles. The van der Waals surface area contributed by atoms with Crippen LogP contribution >= 0.6 is 11.6 Å². The number of hydrogen-bond donors (Lipinski definition) is 3. The van der Waals surface area contributed by atoms with Gasteiger partial charge in [-0.05, 0) is 55.3 Å². The first-order valence-corrected chi connectivity index (χ1v) is 11.5. The number of urea groups is 1. The number of halogens is 1. The highest BCUT2D eigenvalue weighted by Gasteiger charge is 2.39. The summed E-state index contributed by atoms with van der Waals surface area (Å²) in [4.78, 5) is 39.1. The zero-order valence-electron chi connectivity index (χ0n) is 19.0. The number of nitrogens with zero attached hydrogens (tertiary/aromatic N) is 1. The first-order chi connectivity index (χ1) is 16.3. The Morgan fingerprint density at radius 3 is 2.53 bits per heavy atom. The van der Waals surface area contributed by atoms with Gasteiger partial charge in [0.05, 0.1) is 24.1 Å². The van der Waals surface area contributed by atoms with Gasteiger partial charge in [0, 0.05) is 30.5 Å². The number of rotatable bonds is 4. The van der Waals surface area contributed by atoms with Crippen molar-refractivity contribution in [3.63, 3.8) is 0 Å². The molecule has 1 fully saturated rings. The van der Waals surface area contributed by atoms with Crippen LogP contribution in [-0.2, 0) is 9.53 Å². The molecule has 1 saturated heterocycles. The van der Waals surface area contributed by atoms with Crippen molar-refractivity contribution in [1.29, 1.82) is 0 Å². The van der Waals surface area contributed by atoms with Crippen LogP contribution in [-0.4, -0.2) is 61.7 Å². The fourth-order valence-electron chi connectivity index (χ4n) is 4.24. The highest BCUT2D eigenvalue weighted by atomic mass is 35.5. The number of hydrogen-bond acceptors (Lipinski definition) is 5. The van der Waals surface area contributed by atoms with Crippen LogP contribution < -0.4 is 20.7 Å². The van der Waals surface area contributed by atoms with Gasteiger partial charge in [-0.3, -0.25) is 9.59 Å². The maximum Gasteiger partial charge on any atom is 0.323 e. The minimum absolute atomic E-state index is 0.0786. The van der Waals surface area contributed by atoms with Gasteiger partial charge < -0.3 is 30.3 Å². The SMILES string of the molecule is CNC(=O)C[C@H]1CC[C@@H]2[C@@H](COc3ccc(NC(=O)Nc4ccc(Cl)cc4)cc3C(=O)N2C)O1. The largest absolute Gasteiger partial charge is 0.490 e. The van der Waals surface area contributed by atoms with Crippen LogP contribution in [0, 0.1) is 0 Å². The van der Waals surface area contributed by atoms with Crippen LogP contribution in [0.25, 0.3) is 0 Å². The van der Waals surface area contributed by atoms with E-state index in [9.17, 15) is 14.4 Å². The van der Waals surface area contributed by atoms with E-state index in [2.05, 4.69) is 16.0 Å². The van der Waals surface area contributed by atoms with E-state index in [1.807, 2.05) is 0 Å². The van der Waals surface area contributed by atoms with E-state index in [1.165, 1.54) is 0 Å². The molecule has 2 aromatic carbocycles. The zero-order valence-corrected chi connectivity index (χ0v) is 19.7. The molecule has 0 aromatic heterocycles. The maximum atomic E-state index is 13.3. The third-order valence-electron chi connectivity index (χ3n) is 6.06. The van der Waals surface area contributed by atoms with E-state index >= 15 is 0 Å². The standard InChI is InChI=1S/C24H27ClN4O5/c1-26-22(30)12-17-8-9-19-21(34-17)13-33-20-10-7-16(11-18(20)23(31)29(19)2)28-24(32)27-15-5-3-14(25)4-6-15/h3-7,10-11,17,19,21H,8-9,12-13H2,1-2H3,(H,26,30)(H2,27,28,32)/t17-,19-,21-/m1/s1. The minimum Gasteiger partial charge on any atom is -0.490 e. The van der Waals surface area contributed by atoms with Crippen molar-refractivity contribution in [3.8, 4) is 5.75 Å². The molecule has 2 aliphatic rings. The van der Waals surface area contributed by atoms with Crippen molar-refractivity contribution in [3.05, 3.63) is 53.1 Å². The minimum atomic E-state index is -0.447. The molecule has 2 aromatic rings. The molecule has 0 radical (unpaired) electrons. The number of nitrogens with one attached hydrogen (secondary N) is 3. The van der Waals surface area contributed by atoms with Crippen molar-refractivity contribution < 1.29 is 23.9 Å². The fourth-order valence-corrected chi connectivity index (χ4v) is 4.37. The summed E-state index contributed by atoms with van der Waals surface area (Å²) in [6, 6.07) is 11.0. The second-order valence-corrected chi connectivity index (χ2v) is 8.78. The topological polar surface area (TPSA) is 109 Å². The Bertz CT molecular complexity index is 1080. The third kappa shape index (κ3) is 5.43. The van der Waals surface area contributed by atoms with Crippen LogP contribution in [0.2, 0.25) is 5.02 Å². The molecule has 10 heteroatoms. The van der Waals surface area contributed by atoms with E-state index in [0.717, 1.165) is 0 Å². The quantitative estimate of drug-likeness (QED) is 0.613. The van der Waals surface area contributed by atoms with Gasteiger partial charge in [-0.15, -0.1) is 0 Å². The highest BCUT2D eigenvalue weighted by molar-refractivity contribution is 6.30. The lowest BCUT2D eigenvalue weighted by Crippen LogP contribution is -2.53. The summed E-state index contributed by atoms with van der Waals surface area (Å²) in [5.74, 6) is 0.112. The molecule has 0 spiro atoms. The summed E-state index contributed by atoms with van der Waals surface area (Å²) < 4.78 is 12.1. The summed E-state index contributed by atoms with van der Waals surface area (Å²) in [7, 11) is 3.34. The average molecular weight is 487 g/mol. The molecule has 4 rings (SSSR count). The number of benzene rings is 2. The van der Waals surface area contributed by atoms with Crippen LogP contribution in [0.1, 0.15) is 29.6 Å². The van der Waals surface area contributed by atoms with Gasteiger partial charge in [-0.25, -0.2) is 4.79 Å². The van der Waals surface area contributed by atoms with Gasteiger partial charge >= 0.3 is 6.03 Å². The lowest BCUT2D eigenvalue weighted by atomic mass is 9.94. The number of carbonyl (C=O) groups is 3. The Kier molecular flexibility index (Phi) is 7.23. The summed E-state index contributed by atoms with van der Waals surface area (Å²) in [5, 5.41) is 8.65. The second-order valence-electron chi connectivity index (χ2n) is 8.34. The number of anilines is 2. The number of ether oxygens (including phenoxy) is 2. The first kappa shape index (κ1) is 23.8. The van der Waals surface area contributed by atoms with E-state index in [4.69, 9.17) is 21.1 Å². The molecular formula is C24H27ClN4O5. The lowest BCUT2D eigenvalue weighted by molar-refractivity contribution is -0.133. The molecule has 34 heavy (non-hydrogen) atoms. The molecule has 0 bridgehead atoms. The molecule has 180 valence electrons. The zero-order chi connectivity index (χ0) is 24.2. The second kappa shape index (κ2) is 10.3. The van der Waals surface area contributed by atoms with Gasteiger partial charge in [-0.1, -0.05) is 11.6 Å². The van der Waals surface area contributed by atoms with E-state index in [1.54, 1.807) is 61.5 Å². The van der Waals surface area contributed by atoms with Gasteiger partial charge in [0.1, 0.15) is 18.5 Å². The normalized spacial score (nSPS) is 21.8. The van der Waals surface area contributed by atoms with Gasteiger partial charge in [0.2, 0.25) is 5.91 Å². The highest BCUT2D eigenvalue weighted by Crippen LogP contribution is 2.32. The number of fused-ring (bicyclic) bond motifs is 2. The summed E-state index contributed by atoms with van der Waals surface area (Å²) >= 11 is 5.87. The Labute approximate surface area is 202 Å². The summed E-state index contributed by atoms with van der Waals surface area (Å²) in [5.41, 5.74) is 1.40. The van der Waals surface area contributed by atoms with Crippen LogP contribution in [0.5, 0.6) is 5.75 Å². The molecule has 3 atom stereocenters. The molecule has 9 nitrogen and oxygen atoms in total. The summed E-state index contributed by atoms with van der Waals surface area (Å²) in [6.45, 7) is 0.253.